The van der Waals surface area contributed by atoms with E-state index in [0.717, 1.165) is 22.8 Å². The summed E-state index contributed by atoms with van der Waals surface area (Å²) in [7, 11) is 0. The minimum atomic E-state index is -0.0186. The van der Waals surface area contributed by atoms with Crippen molar-refractivity contribution in [3.05, 3.63) is 77.9 Å². The van der Waals surface area contributed by atoms with E-state index in [4.69, 9.17) is 0 Å². The molecule has 0 aliphatic carbocycles. The van der Waals surface area contributed by atoms with E-state index in [0.29, 0.717) is 6.54 Å². The molecule has 0 unspecified atom stereocenters. The Hall–Kier alpha value is -2.04. The van der Waals surface area contributed by atoms with Gasteiger partial charge in [-0.15, -0.1) is 18.3 Å². The van der Waals surface area contributed by atoms with Crippen molar-refractivity contribution in [1.82, 2.24) is 10.2 Å². The number of carbonyl (C=O) groups excluding carboxylic acids is 1. The van der Waals surface area contributed by atoms with Gasteiger partial charge in [-0.3, -0.25) is 9.69 Å². The first-order chi connectivity index (χ1) is 13.3. The van der Waals surface area contributed by atoms with E-state index >= 15 is 0 Å². The molecule has 1 N–H and O–H groups in total. The van der Waals surface area contributed by atoms with Crippen LogP contribution >= 0.6 is 11.8 Å². The fourth-order valence-corrected chi connectivity index (χ4v) is 4.23. The Kier molecular flexibility index (Phi) is 7.55. The topological polar surface area (TPSA) is 32.3 Å². The molecule has 0 atom stereocenters. The SMILES string of the molecule is C=CCSc1ccccc1C(=O)NCc1ccccc1CN1CCCCC1. The Morgan fingerprint density at radius 1 is 1.04 bits per heavy atom. The summed E-state index contributed by atoms with van der Waals surface area (Å²) in [6, 6.07) is 16.2. The smallest absolute Gasteiger partial charge is 0.252 e. The van der Waals surface area contributed by atoms with Gasteiger partial charge in [0.05, 0.1) is 5.56 Å². The molecule has 1 aliphatic rings. The molecule has 1 heterocycles. The molecule has 1 fully saturated rings. The highest BCUT2D eigenvalue weighted by molar-refractivity contribution is 7.99. The van der Waals surface area contributed by atoms with Gasteiger partial charge in [-0.2, -0.15) is 0 Å². The molecule has 2 aromatic carbocycles. The highest BCUT2D eigenvalue weighted by Gasteiger charge is 2.14. The minimum absolute atomic E-state index is 0.0186. The zero-order valence-corrected chi connectivity index (χ0v) is 16.6. The number of hydrogen-bond acceptors (Lipinski definition) is 3. The van der Waals surface area contributed by atoms with E-state index in [-0.39, 0.29) is 5.91 Å². The number of thioether (sulfide) groups is 1. The Morgan fingerprint density at radius 3 is 2.52 bits per heavy atom. The van der Waals surface area contributed by atoms with Crippen LogP contribution in [0.3, 0.4) is 0 Å². The summed E-state index contributed by atoms with van der Waals surface area (Å²) in [4.78, 5) is 16.3. The first-order valence-corrected chi connectivity index (χ1v) is 10.7. The molecule has 3 rings (SSSR count). The van der Waals surface area contributed by atoms with Gasteiger partial charge in [0.2, 0.25) is 0 Å². The maximum atomic E-state index is 12.7. The third-order valence-corrected chi connectivity index (χ3v) is 5.96. The average molecular weight is 381 g/mol. The van der Waals surface area contributed by atoms with Gasteiger partial charge in [0.1, 0.15) is 0 Å². The van der Waals surface area contributed by atoms with Gasteiger partial charge in [-0.1, -0.05) is 48.9 Å². The second-order valence-electron chi connectivity index (χ2n) is 6.88. The second-order valence-corrected chi connectivity index (χ2v) is 7.95. The van der Waals surface area contributed by atoms with Gasteiger partial charge < -0.3 is 5.32 Å². The molecular formula is C23H28N2OS. The van der Waals surface area contributed by atoms with Crippen LogP contribution in [0.5, 0.6) is 0 Å². The molecule has 2 aromatic rings. The number of rotatable bonds is 8. The zero-order chi connectivity index (χ0) is 18.9. The molecule has 1 amide bonds. The third kappa shape index (κ3) is 5.72. The monoisotopic (exact) mass is 380 g/mol. The van der Waals surface area contributed by atoms with Crippen LogP contribution in [0.25, 0.3) is 0 Å². The Balaban J connectivity index is 1.65. The molecule has 4 heteroatoms. The molecule has 0 bridgehead atoms. The summed E-state index contributed by atoms with van der Waals surface area (Å²) in [6.07, 6.45) is 5.78. The third-order valence-electron chi connectivity index (χ3n) is 4.89. The predicted octanol–water partition coefficient (Wildman–Crippen LogP) is 4.88. The molecule has 0 radical (unpaired) electrons. The normalized spacial score (nSPS) is 14.7. The number of carbonyl (C=O) groups is 1. The lowest BCUT2D eigenvalue weighted by molar-refractivity contribution is 0.0948. The standard InChI is InChI=1S/C23H28N2OS/c1-2-16-27-22-13-7-6-12-21(22)23(26)24-17-19-10-4-5-11-20(19)18-25-14-8-3-9-15-25/h2,4-7,10-13H,1,3,8-9,14-18H2,(H,24,26). The Bertz CT molecular complexity index is 768. The van der Waals surface area contributed by atoms with Crippen molar-refractivity contribution in [3.8, 4) is 0 Å². The zero-order valence-electron chi connectivity index (χ0n) is 15.8. The van der Waals surface area contributed by atoms with E-state index in [9.17, 15) is 4.79 Å². The van der Waals surface area contributed by atoms with Gasteiger partial charge in [0.25, 0.3) is 5.91 Å². The fourth-order valence-electron chi connectivity index (χ4n) is 3.44. The highest BCUT2D eigenvalue weighted by atomic mass is 32.2. The number of amides is 1. The van der Waals surface area contributed by atoms with E-state index < -0.39 is 0 Å². The Morgan fingerprint density at radius 2 is 1.74 bits per heavy atom. The summed E-state index contributed by atoms with van der Waals surface area (Å²) >= 11 is 1.64. The first kappa shape index (κ1) is 19.7. The molecule has 3 nitrogen and oxygen atoms in total. The highest BCUT2D eigenvalue weighted by Crippen LogP contribution is 2.23. The van der Waals surface area contributed by atoms with Crippen LogP contribution in [0.15, 0.2) is 66.1 Å². The van der Waals surface area contributed by atoms with E-state index in [1.54, 1.807) is 11.8 Å². The number of nitrogens with zero attached hydrogens (tertiary/aromatic N) is 1. The van der Waals surface area contributed by atoms with E-state index in [2.05, 4.69) is 41.1 Å². The van der Waals surface area contributed by atoms with Crippen molar-refractivity contribution >= 4 is 17.7 Å². The summed E-state index contributed by atoms with van der Waals surface area (Å²) in [5.74, 6) is 0.776. The van der Waals surface area contributed by atoms with Gasteiger partial charge in [-0.25, -0.2) is 0 Å². The molecule has 0 spiro atoms. The lowest BCUT2D eigenvalue weighted by Crippen LogP contribution is -2.30. The molecule has 0 aromatic heterocycles. The van der Waals surface area contributed by atoms with Crippen LogP contribution in [-0.4, -0.2) is 29.6 Å². The number of benzene rings is 2. The van der Waals surface area contributed by atoms with Crippen LogP contribution in [0, 0.1) is 0 Å². The molecular weight excluding hydrogens is 352 g/mol. The Labute approximate surface area is 166 Å². The lowest BCUT2D eigenvalue weighted by Gasteiger charge is -2.27. The molecule has 1 aliphatic heterocycles. The van der Waals surface area contributed by atoms with Gasteiger partial charge in [-0.05, 0) is 49.2 Å². The van der Waals surface area contributed by atoms with Crippen molar-refractivity contribution in [2.45, 2.75) is 37.2 Å². The van der Waals surface area contributed by atoms with Gasteiger partial charge >= 0.3 is 0 Å². The molecule has 1 saturated heterocycles. The minimum Gasteiger partial charge on any atom is -0.348 e. The van der Waals surface area contributed by atoms with Crippen molar-refractivity contribution in [2.24, 2.45) is 0 Å². The van der Waals surface area contributed by atoms with Crippen LogP contribution in [0.2, 0.25) is 0 Å². The summed E-state index contributed by atoms with van der Waals surface area (Å²) < 4.78 is 0. The van der Waals surface area contributed by atoms with E-state index in [1.165, 1.54) is 43.5 Å². The number of likely N-dealkylation sites (tertiary alicyclic amines) is 1. The fraction of sp³-hybridized carbons (Fsp3) is 0.348. The van der Waals surface area contributed by atoms with E-state index in [1.807, 2.05) is 30.3 Å². The predicted molar refractivity (Wildman–Crippen MR) is 114 cm³/mol. The van der Waals surface area contributed by atoms with Crippen LogP contribution < -0.4 is 5.32 Å². The number of hydrogen-bond donors (Lipinski definition) is 1. The quantitative estimate of drug-likeness (QED) is 0.523. The maximum absolute atomic E-state index is 12.7. The van der Waals surface area contributed by atoms with Gasteiger partial charge in [0.15, 0.2) is 0 Å². The lowest BCUT2D eigenvalue weighted by atomic mass is 10.0. The number of piperidine rings is 1. The largest absolute Gasteiger partial charge is 0.348 e. The average Bonchev–Trinajstić information content (AvgIpc) is 2.72. The maximum Gasteiger partial charge on any atom is 0.252 e. The molecule has 142 valence electrons. The molecule has 27 heavy (non-hydrogen) atoms. The second kappa shape index (κ2) is 10.3. The van der Waals surface area contributed by atoms with Crippen LogP contribution in [0.4, 0.5) is 0 Å². The summed E-state index contributed by atoms with van der Waals surface area (Å²) in [5.41, 5.74) is 3.25. The van der Waals surface area contributed by atoms with Crippen molar-refractivity contribution < 1.29 is 4.79 Å². The van der Waals surface area contributed by atoms with Crippen molar-refractivity contribution in [2.75, 3.05) is 18.8 Å². The molecule has 0 saturated carbocycles. The van der Waals surface area contributed by atoms with Crippen molar-refractivity contribution in [3.63, 3.8) is 0 Å². The summed E-state index contributed by atoms with van der Waals surface area (Å²) in [5, 5.41) is 3.11. The summed E-state index contributed by atoms with van der Waals surface area (Å²) in [6.45, 7) is 7.64. The van der Waals surface area contributed by atoms with Crippen LogP contribution in [0.1, 0.15) is 40.7 Å². The van der Waals surface area contributed by atoms with Gasteiger partial charge in [0, 0.05) is 23.7 Å². The van der Waals surface area contributed by atoms with Crippen molar-refractivity contribution in [1.29, 1.82) is 0 Å². The number of nitrogens with one attached hydrogen (secondary N) is 1. The first-order valence-electron chi connectivity index (χ1n) is 9.68. The van der Waals surface area contributed by atoms with Crippen LogP contribution in [-0.2, 0) is 13.1 Å².